The van der Waals surface area contributed by atoms with E-state index in [2.05, 4.69) is 61.4 Å². The number of hydrogen-bond acceptors (Lipinski definition) is 4. The van der Waals surface area contributed by atoms with Crippen molar-refractivity contribution in [2.24, 2.45) is 0 Å². The monoisotopic (exact) mass is 495 g/mol. The third-order valence-corrected chi connectivity index (χ3v) is 8.70. The molecular formula is C29H41N3O2S. The Balaban J connectivity index is 1.33. The van der Waals surface area contributed by atoms with Crippen LogP contribution in [0.2, 0.25) is 0 Å². The van der Waals surface area contributed by atoms with Gasteiger partial charge in [-0.2, -0.15) is 0 Å². The molecule has 1 saturated heterocycles. The van der Waals surface area contributed by atoms with E-state index in [1.54, 1.807) is 0 Å². The number of carbonyl (C=O) groups is 2. The maximum atomic E-state index is 13.2. The Kier molecular flexibility index (Phi) is 9.01. The van der Waals surface area contributed by atoms with Gasteiger partial charge in [-0.25, -0.2) is 0 Å². The molecule has 0 aliphatic carbocycles. The number of piperazine rings is 1. The molecule has 4 rings (SSSR count). The molecule has 3 heterocycles. The molecule has 1 fully saturated rings. The summed E-state index contributed by atoms with van der Waals surface area (Å²) in [6.07, 6.45) is 6.70. The second-order valence-corrected chi connectivity index (χ2v) is 11.2. The summed E-state index contributed by atoms with van der Waals surface area (Å²) in [5.74, 6) is 0.466. The fourth-order valence-electron chi connectivity index (χ4n) is 5.67. The largest absolute Gasteiger partial charge is 0.339 e. The highest BCUT2D eigenvalue weighted by molar-refractivity contribution is 7.10. The number of nitrogens with zero attached hydrogens (tertiary/aromatic N) is 3. The van der Waals surface area contributed by atoms with Crippen molar-refractivity contribution >= 4 is 23.2 Å². The van der Waals surface area contributed by atoms with E-state index in [-0.39, 0.29) is 23.9 Å². The van der Waals surface area contributed by atoms with Gasteiger partial charge in [0.2, 0.25) is 11.8 Å². The highest BCUT2D eigenvalue weighted by Gasteiger charge is 2.32. The lowest BCUT2D eigenvalue weighted by Gasteiger charge is -2.41. The number of rotatable bonds is 9. The summed E-state index contributed by atoms with van der Waals surface area (Å²) in [6.45, 7) is 10.2. The van der Waals surface area contributed by atoms with E-state index in [1.807, 2.05) is 21.1 Å². The topological polar surface area (TPSA) is 43.9 Å². The van der Waals surface area contributed by atoms with Crippen molar-refractivity contribution in [1.82, 2.24) is 14.7 Å². The van der Waals surface area contributed by atoms with Crippen molar-refractivity contribution in [1.29, 1.82) is 0 Å². The molecule has 0 radical (unpaired) electrons. The van der Waals surface area contributed by atoms with Crippen LogP contribution in [0.1, 0.15) is 80.0 Å². The van der Waals surface area contributed by atoms with Crippen molar-refractivity contribution < 1.29 is 9.59 Å². The van der Waals surface area contributed by atoms with E-state index in [9.17, 15) is 9.59 Å². The van der Waals surface area contributed by atoms with E-state index in [0.29, 0.717) is 32.5 Å². The van der Waals surface area contributed by atoms with Crippen LogP contribution >= 0.6 is 11.3 Å². The molecule has 2 aliphatic heterocycles. The van der Waals surface area contributed by atoms with E-state index in [0.717, 1.165) is 32.4 Å². The van der Waals surface area contributed by atoms with Gasteiger partial charge in [-0.3, -0.25) is 14.5 Å². The molecule has 2 aliphatic rings. The van der Waals surface area contributed by atoms with Crippen molar-refractivity contribution in [3.8, 4) is 0 Å². The van der Waals surface area contributed by atoms with Gasteiger partial charge >= 0.3 is 0 Å². The highest BCUT2D eigenvalue weighted by atomic mass is 32.1. The molecule has 35 heavy (non-hydrogen) atoms. The zero-order valence-corrected chi connectivity index (χ0v) is 22.5. The first-order chi connectivity index (χ1) is 17.0. The van der Waals surface area contributed by atoms with Gasteiger partial charge in [-0.15, -0.1) is 11.3 Å². The van der Waals surface area contributed by atoms with Gasteiger partial charge in [0.1, 0.15) is 0 Å². The molecule has 190 valence electrons. The maximum absolute atomic E-state index is 13.2. The van der Waals surface area contributed by atoms with Gasteiger partial charge in [0.25, 0.3) is 0 Å². The van der Waals surface area contributed by atoms with Gasteiger partial charge in [-0.1, -0.05) is 50.5 Å². The van der Waals surface area contributed by atoms with Crippen LogP contribution in [-0.4, -0.2) is 65.3 Å². The second kappa shape index (κ2) is 12.2. The van der Waals surface area contributed by atoms with E-state index in [1.165, 1.54) is 34.4 Å². The summed E-state index contributed by atoms with van der Waals surface area (Å²) in [4.78, 5) is 33.8. The van der Waals surface area contributed by atoms with Gasteiger partial charge < -0.3 is 9.80 Å². The van der Waals surface area contributed by atoms with Crippen molar-refractivity contribution in [2.75, 3.05) is 32.7 Å². The molecule has 1 aromatic carbocycles. The third kappa shape index (κ3) is 6.15. The standard InChI is InChI=1S/C29H41N3O2S/c1-4-5-6-7-12-28(34)32-19-18-31(21-23(32)3)27(33)14-17-30-16-13-26-25(15-20-35-26)29(30)24-11-9-8-10-22(24)2/h8-11,15,20,23,29H,4-7,12-14,16-19,21H2,1-3H3. The normalized spacial score (nSPS) is 20.7. The number of unbranched alkanes of at least 4 members (excludes halogenated alkanes) is 3. The Labute approximate surface area is 215 Å². The summed E-state index contributed by atoms with van der Waals surface area (Å²) >= 11 is 1.85. The first-order valence-electron chi connectivity index (χ1n) is 13.4. The molecule has 6 heteroatoms. The number of benzene rings is 1. The Morgan fingerprint density at radius 2 is 1.80 bits per heavy atom. The predicted octanol–water partition coefficient (Wildman–Crippen LogP) is 5.42. The van der Waals surface area contributed by atoms with Crippen LogP contribution in [0.4, 0.5) is 0 Å². The summed E-state index contributed by atoms with van der Waals surface area (Å²) in [5.41, 5.74) is 4.05. The summed E-state index contributed by atoms with van der Waals surface area (Å²) in [5, 5.41) is 2.20. The Hall–Kier alpha value is -2.18. The van der Waals surface area contributed by atoms with E-state index >= 15 is 0 Å². The molecular weight excluding hydrogens is 454 g/mol. The molecule has 0 saturated carbocycles. The zero-order valence-electron chi connectivity index (χ0n) is 21.7. The number of thiophene rings is 1. The van der Waals surface area contributed by atoms with E-state index < -0.39 is 0 Å². The minimum absolute atomic E-state index is 0.0921. The van der Waals surface area contributed by atoms with Crippen LogP contribution in [0.25, 0.3) is 0 Å². The molecule has 0 N–H and O–H groups in total. The molecule has 5 nitrogen and oxygen atoms in total. The van der Waals surface area contributed by atoms with Crippen LogP contribution < -0.4 is 0 Å². The average molecular weight is 496 g/mol. The fourth-order valence-corrected chi connectivity index (χ4v) is 6.57. The lowest BCUT2D eigenvalue weighted by Crippen LogP contribution is -2.55. The van der Waals surface area contributed by atoms with Crippen LogP contribution in [-0.2, 0) is 16.0 Å². The van der Waals surface area contributed by atoms with Crippen molar-refractivity contribution in [3.05, 3.63) is 57.3 Å². The first-order valence-corrected chi connectivity index (χ1v) is 14.3. The SMILES string of the molecule is CCCCCCC(=O)N1CCN(C(=O)CCN2CCc3sccc3C2c2ccccc2C)CC1C. The molecule has 2 atom stereocenters. The Bertz CT molecular complexity index is 1000. The van der Waals surface area contributed by atoms with Gasteiger partial charge in [0.15, 0.2) is 0 Å². The lowest BCUT2D eigenvalue weighted by molar-refractivity contribution is -0.142. The number of hydrogen-bond donors (Lipinski definition) is 0. The summed E-state index contributed by atoms with van der Waals surface area (Å²) in [7, 11) is 0. The second-order valence-electron chi connectivity index (χ2n) is 10.2. The van der Waals surface area contributed by atoms with Crippen molar-refractivity contribution in [3.63, 3.8) is 0 Å². The molecule has 2 amide bonds. The average Bonchev–Trinajstić information content (AvgIpc) is 3.34. The maximum Gasteiger partial charge on any atom is 0.223 e. The van der Waals surface area contributed by atoms with Crippen LogP contribution in [0.3, 0.4) is 0 Å². The number of carbonyl (C=O) groups excluding carboxylic acids is 2. The first kappa shape index (κ1) is 25.9. The van der Waals surface area contributed by atoms with Crippen LogP contribution in [0.5, 0.6) is 0 Å². The van der Waals surface area contributed by atoms with Crippen LogP contribution in [0.15, 0.2) is 35.7 Å². The van der Waals surface area contributed by atoms with Crippen molar-refractivity contribution in [2.45, 2.75) is 77.8 Å². The van der Waals surface area contributed by atoms with Gasteiger partial charge in [0, 0.05) is 56.5 Å². The Morgan fingerprint density at radius 1 is 0.971 bits per heavy atom. The lowest BCUT2D eigenvalue weighted by atomic mass is 9.90. The molecule has 2 unspecified atom stereocenters. The third-order valence-electron chi connectivity index (χ3n) is 7.71. The molecule has 0 bridgehead atoms. The summed E-state index contributed by atoms with van der Waals surface area (Å²) in [6, 6.07) is 11.2. The fraction of sp³-hybridized carbons (Fsp3) is 0.586. The predicted molar refractivity (Wildman–Crippen MR) is 144 cm³/mol. The number of amides is 2. The van der Waals surface area contributed by atoms with Crippen LogP contribution in [0, 0.1) is 6.92 Å². The smallest absolute Gasteiger partial charge is 0.223 e. The molecule has 2 aromatic rings. The molecule has 1 aromatic heterocycles. The minimum atomic E-state index is 0.0921. The number of fused-ring (bicyclic) bond motifs is 1. The summed E-state index contributed by atoms with van der Waals surface area (Å²) < 4.78 is 0. The Morgan fingerprint density at radius 3 is 2.57 bits per heavy atom. The zero-order chi connectivity index (χ0) is 24.8. The van der Waals surface area contributed by atoms with E-state index in [4.69, 9.17) is 0 Å². The quantitative estimate of drug-likeness (QED) is 0.436. The van der Waals surface area contributed by atoms with Gasteiger partial charge in [0.05, 0.1) is 6.04 Å². The highest BCUT2D eigenvalue weighted by Crippen LogP contribution is 2.38. The molecule has 0 spiro atoms. The van der Waals surface area contributed by atoms with Gasteiger partial charge in [-0.05, 0) is 54.8 Å². The number of aryl methyl sites for hydroxylation is 1. The minimum Gasteiger partial charge on any atom is -0.339 e.